The summed E-state index contributed by atoms with van der Waals surface area (Å²) in [6, 6.07) is 0. The third-order valence-corrected chi connectivity index (χ3v) is 1.94. The smallest absolute Gasteiger partial charge is 0.333 e. The van der Waals surface area contributed by atoms with Crippen molar-refractivity contribution >= 4 is 11.9 Å². The highest BCUT2D eigenvalue weighted by Crippen LogP contribution is 2.15. The minimum Gasteiger partial charge on any atom is -0.462 e. The van der Waals surface area contributed by atoms with Crippen LogP contribution in [0, 0.1) is 10.8 Å². The van der Waals surface area contributed by atoms with E-state index < -0.39 is 11.9 Å². The zero-order chi connectivity index (χ0) is 15.3. The Morgan fingerprint density at radius 3 is 1.74 bits per heavy atom. The topological polar surface area (TPSA) is 52.6 Å². The van der Waals surface area contributed by atoms with E-state index in [-0.39, 0.29) is 16.4 Å². The number of carbonyl (C=O) groups excluding carboxylic acids is 2. The van der Waals surface area contributed by atoms with Gasteiger partial charge >= 0.3 is 11.9 Å². The predicted molar refractivity (Wildman–Crippen MR) is 74.6 cm³/mol. The molecular formula is C15H26O4. The van der Waals surface area contributed by atoms with Gasteiger partial charge in [-0.2, -0.15) is 0 Å². The first-order chi connectivity index (χ1) is 8.41. The molecular weight excluding hydrogens is 244 g/mol. The van der Waals surface area contributed by atoms with Crippen LogP contribution in [0.3, 0.4) is 0 Å². The first kappa shape index (κ1) is 17.7. The van der Waals surface area contributed by atoms with Crippen LogP contribution in [0.5, 0.6) is 0 Å². The second-order valence-electron chi connectivity index (χ2n) is 7.13. The molecule has 0 atom stereocenters. The van der Waals surface area contributed by atoms with Crippen LogP contribution >= 0.6 is 0 Å². The maximum atomic E-state index is 11.6. The van der Waals surface area contributed by atoms with E-state index in [1.165, 1.54) is 6.08 Å². The molecule has 4 nitrogen and oxygen atoms in total. The van der Waals surface area contributed by atoms with Crippen LogP contribution in [-0.2, 0) is 19.1 Å². The molecule has 0 aromatic heterocycles. The lowest BCUT2D eigenvalue weighted by atomic mass is 9.98. The molecule has 110 valence electrons. The molecule has 0 saturated heterocycles. The lowest BCUT2D eigenvalue weighted by Crippen LogP contribution is -2.20. The largest absolute Gasteiger partial charge is 0.462 e. The van der Waals surface area contributed by atoms with E-state index in [0.29, 0.717) is 13.2 Å². The number of rotatable bonds is 4. The van der Waals surface area contributed by atoms with Crippen LogP contribution in [0.15, 0.2) is 11.6 Å². The number of esters is 2. The van der Waals surface area contributed by atoms with Gasteiger partial charge in [0.05, 0.1) is 13.2 Å². The summed E-state index contributed by atoms with van der Waals surface area (Å²) in [5.41, 5.74) is 0.0653. The Labute approximate surface area is 116 Å². The van der Waals surface area contributed by atoms with Crippen molar-refractivity contribution in [1.82, 2.24) is 0 Å². The van der Waals surface area contributed by atoms with Gasteiger partial charge in [-0.25, -0.2) is 9.59 Å². The van der Waals surface area contributed by atoms with E-state index in [1.54, 1.807) is 6.92 Å². The molecule has 0 spiro atoms. The molecule has 0 N–H and O–H groups in total. The molecule has 0 fully saturated rings. The van der Waals surface area contributed by atoms with Crippen molar-refractivity contribution in [1.29, 1.82) is 0 Å². The SMILES string of the molecule is C/C(=C\C(=O)OCC(C)(C)C)C(=O)OCC(C)(C)C. The van der Waals surface area contributed by atoms with Gasteiger partial charge in [0.2, 0.25) is 0 Å². The van der Waals surface area contributed by atoms with Crippen molar-refractivity contribution in [3.8, 4) is 0 Å². The average molecular weight is 270 g/mol. The Hall–Kier alpha value is -1.32. The van der Waals surface area contributed by atoms with Crippen LogP contribution < -0.4 is 0 Å². The van der Waals surface area contributed by atoms with Crippen LogP contribution in [0.4, 0.5) is 0 Å². The van der Waals surface area contributed by atoms with Gasteiger partial charge in [-0.05, 0) is 17.8 Å². The van der Waals surface area contributed by atoms with Crippen LogP contribution in [0.2, 0.25) is 0 Å². The van der Waals surface area contributed by atoms with Crippen molar-refractivity contribution in [3.63, 3.8) is 0 Å². The summed E-state index contributed by atoms with van der Waals surface area (Å²) in [6.45, 7) is 14.0. The highest BCUT2D eigenvalue weighted by atomic mass is 16.5. The fourth-order valence-corrected chi connectivity index (χ4v) is 0.961. The maximum Gasteiger partial charge on any atom is 0.333 e. The van der Waals surface area contributed by atoms with E-state index in [2.05, 4.69) is 0 Å². The van der Waals surface area contributed by atoms with Gasteiger partial charge in [0.25, 0.3) is 0 Å². The Bertz CT molecular complexity index is 353. The van der Waals surface area contributed by atoms with Gasteiger partial charge in [-0.1, -0.05) is 41.5 Å². The summed E-state index contributed by atoms with van der Waals surface area (Å²) < 4.78 is 10.1. The summed E-state index contributed by atoms with van der Waals surface area (Å²) in [6.07, 6.45) is 1.18. The average Bonchev–Trinajstić information content (AvgIpc) is 2.21. The van der Waals surface area contributed by atoms with Gasteiger partial charge < -0.3 is 9.47 Å². The highest BCUT2D eigenvalue weighted by molar-refractivity contribution is 5.95. The van der Waals surface area contributed by atoms with Gasteiger partial charge in [0, 0.05) is 11.6 Å². The lowest BCUT2D eigenvalue weighted by molar-refractivity contribution is -0.144. The standard InChI is InChI=1S/C15H26O4/c1-11(13(17)19-10-15(5,6)7)8-12(16)18-9-14(2,3)4/h8H,9-10H2,1-7H3/b11-8+. The van der Waals surface area contributed by atoms with Crippen molar-refractivity contribution in [2.45, 2.75) is 48.5 Å². The first-order valence-electron chi connectivity index (χ1n) is 6.43. The second-order valence-corrected chi connectivity index (χ2v) is 7.13. The summed E-state index contributed by atoms with van der Waals surface area (Å²) in [4.78, 5) is 23.1. The Kier molecular flexibility index (Phi) is 6.27. The summed E-state index contributed by atoms with van der Waals surface area (Å²) in [5, 5.41) is 0. The van der Waals surface area contributed by atoms with E-state index in [0.717, 1.165) is 0 Å². The fourth-order valence-electron chi connectivity index (χ4n) is 0.961. The van der Waals surface area contributed by atoms with Crippen molar-refractivity contribution < 1.29 is 19.1 Å². The quantitative estimate of drug-likeness (QED) is 0.582. The Balaban J connectivity index is 4.31. The Morgan fingerprint density at radius 2 is 1.32 bits per heavy atom. The zero-order valence-electron chi connectivity index (χ0n) is 13.1. The fraction of sp³-hybridized carbons (Fsp3) is 0.733. The van der Waals surface area contributed by atoms with Gasteiger partial charge in [-0.15, -0.1) is 0 Å². The third-order valence-electron chi connectivity index (χ3n) is 1.94. The van der Waals surface area contributed by atoms with Crippen LogP contribution in [-0.4, -0.2) is 25.2 Å². The van der Waals surface area contributed by atoms with Crippen LogP contribution in [0.1, 0.15) is 48.5 Å². The molecule has 0 aromatic rings. The van der Waals surface area contributed by atoms with Crippen molar-refractivity contribution in [3.05, 3.63) is 11.6 Å². The van der Waals surface area contributed by atoms with Crippen molar-refractivity contribution in [2.75, 3.05) is 13.2 Å². The summed E-state index contributed by atoms with van der Waals surface area (Å²) >= 11 is 0. The highest BCUT2D eigenvalue weighted by Gasteiger charge is 2.16. The van der Waals surface area contributed by atoms with E-state index in [9.17, 15) is 9.59 Å². The molecule has 19 heavy (non-hydrogen) atoms. The molecule has 0 rings (SSSR count). The number of hydrogen-bond acceptors (Lipinski definition) is 4. The molecule has 0 bridgehead atoms. The minimum atomic E-state index is -0.514. The number of carbonyl (C=O) groups is 2. The molecule has 0 heterocycles. The van der Waals surface area contributed by atoms with E-state index >= 15 is 0 Å². The van der Waals surface area contributed by atoms with Crippen molar-refractivity contribution in [2.24, 2.45) is 10.8 Å². The molecule has 0 aliphatic rings. The van der Waals surface area contributed by atoms with Crippen LogP contribution in [0.25, 0.3) is 0 Å². The molecule has 0 aliphatic carbocycles. The molecule has 0 saturated carbocycles. The first-order valence-corrected chi connectivity index (χ1v) is 6.43. The van der Waals surface area contributed by atoms with E-state index in [4.69, 9.17) is 9.47 Å². The predicted octanol–water partition coefficient (Wildman–Crippen LogP) is 3.11. The monoisotopic (exact) mass is 270 g/mol. The maximum absolute atomic E-state index is 11.6. The Morgan fingerprint density at radius 1 is 0.895 bits per heavy atom. The zero-order valence-corrected chi connectivity index (χ0v) is 13.1. The number of hydrogen-bond donors (Lipinski definition) is 0. The minimum absolute atomic E-state index is 0.0931. The molecule has 0 aromatic carbocycles. The van der Waals surface area contributed by atoms with E-state index in [1.807, 2.05) is 41.5 Å². The third kappa shape index (κ3) is 10.3. The summed E-state index contributed by atoms with van der Waals surface area (Å²) in [5.74, 6) is -0.997. The molecule has 0 unspecified atom stereocenters. The van der Waals surface area contributed by atoms with Gasteiger partial charge in [0.1, 0.15) is 0 Å². The normalized spacial score (nSPS) is 13.1. The molecule has 4 heteroatoms. The molecule has 0 radical (unpaired) electrons. The number of ether oxygens (including phenoxy) is 2. The van der Waals surface area contributed by atoms with Gasteiger partial charge in [-0.3, -0.25) is 0 Å². The lowest BCUT2D eigenvalue weighted by Gasteiger charge is -2.18. The van der Waals surface area contributed by atoms with Gasteiger partial charge in [0.15, 0.2) is 0 Å². The molecule has 0 amide bonds. The second kappa shape index (κ2) is 6.73. The summed E-state index contributed by atoms with van der Waals surface area (Å²) in [7, 11) is 0. The molecule has 0 aliphatic heterocycles.